The van der Waals surface area contributed by atoms with Gasteiger partial charge in [0.25, 0.3) is 0 Å². The van der Waals surface area contributed by atoms with Crippen molar-refractivity contribution < 1.29 is 9.90 Å². The number of aromatic nitrogens is 2. The normalized spacial score (nSPS) is 14.7. The molecule has 1 aromatic rings. The molecule has 1 rings (SSSR count). The van der Waals surface area contributed by atoms with Gasteiger partial charge in [-0.1, -0.05) is 0 Å². The Morgan fingerprint density at radius 2 is 2.36 bits per heavy atom. The number of carbonyl (C=O) groups is 1. The molecular weight excluding hydrogens is 182 g/mol. The summed E-state index contributed by atoms with van der Waals surface area (Å²) in [5.74, 6) is -0.868. The number of carboxylic acid groups (broad SMARTS) is 1. The molecule has 1 heterocycles. The Morgan fingerprint density at radius 1 is 1.64 bits per heavy atom. The third-order valence-corrected chi connectivity index (χ3v) is 2.19. The van der Waals surface area contributed by atoms with E-state index in [9.17, 15) is 4.79 Å². The molecule has 0 aromatic carbocycles. The van der Waals surface area contributed by atoms with Crippen LogP contribution in [0.4, 0.5) is 0 Å². The van der Waals surface area contributed by atoms with Crippen molar-refractivity contribution in [3.8, 4) is 0 Å². The molecule has 0 saturated carbocycles. The lowest BCUT2D eigenvalue weighted by atomic mass is 9.94. The lowest BCUT2D eigenvalue weighted by Crippen LogP contribution is -2.39. The zero-order valence-corrected chi connectivity index (χ0v) is 8.19. The number of nitrogens with one attached hydrogen (secondary N) is 1. The SMILES string of the molecule is CNC(C)(CC(=O)O)c1cnccn1. The summed E-state index contributed by atoms with van der Waals surface area (Å²) in [6.07, 6.45) is 4.65. The molecule has 0 saturated heterocycles. The Hall–Kier alpha value is -1.49. The Bertz CT molecular complexity index is 315. The predicted octanol–water partition coefficient (Wildman–Crippen LogP) is 0.386. The Labute approximate surface area is 82.2 Å². The van der Waals surface area contributed by atoms with E-state index in [4.69, 9.17) is 5.11 Å². The molecule has 0 aliphatic carbocycles. The van der Waals surface area contributed by atoms with Crippen LogP contribution in [0.15, 0.2) is 18.6 Å². The Morgan fingerprint density at radius 3 is 2.79 bits per heavy atom. The minimum atomic E-state index is -0.868. The molecule has 0 bridgehead atoms. The highest BCUT2D eigenvalue weighted by Crippen LogP contribution is 2.20. The van der Waals surface area contributed by atoms with Crippen LogP contribution in [0.5, 0.6) is 0 Å². The van der Waals surface area contributed by atoms with Gasteiger partial charge < -0.3 is 10.4 Å². The monoisotopic (exact) mass is 195 g/mol. The third kappa shape index (κ3) is 2.26. The van der Waals surface area contributed by atoms with Gasteiger partial charge in [-0.15, -0.1) is 0 Å². The molecule has 1 atom stereocenters. The molecule has 0 amide bonds. The fourth-order valence-electron chi connectivity index (χ4n) is 1.19. The number of rotatable bonds is 4. The van der Waals surface area contributed by atoms with Gasteiger partial charge in [0.15, 0.2) is 0 Å². The van der Waals surface area contributed by atoms with Crippen LogP contribution in [0.1, 0.15) is 19.0 Å². The van der Waals surface area contributed by atoms with Gasteiger partial charge in [0.1, 0.15) is 0 Å². The average molecular weight is 195 g/mol. The van der Waals surface area contributed by atoms with Gasteiger partial charge in [-0.05, 0) is 14.0 Å². The number of aliphatic carboxylic acids is 1. The molecule has 76 valence electrons. The van der Waals surface area contributed by atoms with E-state index in [0.29, 0.717) is 5.69 Å². The largest absolute Gasteiger partial charge is 0.481 e. The van der Waals surface area contributed by atoms with E-state index < -0.39 is 11.5 Å². The smallest absolute Gasteiger partial charge is 0.305 e. The minimum absolute atomic E-state index is 0.0256. The Kier molecular flexibility index (Phi) is 3.14. The molecule has 0 aliphatic rings. The van der Waals surface area contributed by atoms with E-state index in [2.05, 4.69) is 15.3 Å². The van der Waals surface area contributed by atoms with Crippen LogP contribution in [0.2, 0.25) is 0 Å². The van der Waals surface area contributed by atoms with Crippen molar-refractivity contribution in [3.05, 3.63) is 24.3 Å². The van der Waals surface area contributed by atoms with Gasteiger partial charge in [0.2, 0.25) is 0 Å². The molecule has 0 radical (unpaired) electrons. The molecule has 2 N–H and O–H groups in total. The topological polar surface area (TPSA) is 75.1 Å². The molecule has 14 heavy (non-hydrogen) atoms. The van der Waals surface area contributed by atoms with Crippen molar-refractivity contribution in [2.75, 3.05) is 7.05 Å². The third-order valence-electron chi connectivity index (χ3n) is 2.19. The van der Waals surface area contributed by atoms with Gasteiger partial charge in [0.05, 0.1) is 23.9 Å². The summed E-state index contributed by atoms with van der Waals surface area (Å²) in [6.45, 7) is 1.78. The number of carboxylic acids is 1. The van der Waals surface area contributed by atoms with Crippen LogP contribution >= 0.6 is 0 Å². The highest BCUT2D eigenvalue weighted by molar-refractivity contribution is 5.68. The van der Waals surface area contributed by atoms with E-state index in [0.717, 1.165) is 0 Å². The predicted molar refractivity (Wildman–Crippen MR) is 50.7 cm³/mol. The van der Waals surface area contributed by atoms with Crippen LogP contribution in [-0.2, 0) is 10.3 Å². The van der Waals surface area contributed by atoms with Gasteiger partial charge in [0, 0.05) is 12.4 Å². The van der Waals surface area contributed by atoms with Crippen LogP contribution in [0, 0.1) is 0 Å². The number of hydrogen-bond donors (Lipinski definition) is 2. The van der Waals surface area contributed by atoms with E-state index in [1.54, 1.807) is 32.6 Å². The summed E-state index contributed by atoms with van der Waals surface area (Å²) in [7, 11) is 1.71. The fraction of sp³-hybridized carbons (Fsp3) is 0.444. The van der Waals surface area contributed by atoms with Gasteiger partial charge in [-0.2, -0.15) is 0 Å². The van der Waals surface area contributed by atoms with Gasteiger partial charge in [-0.3, -0.25) is 14.8 Å². The molecule has 1 aromatic heterocycles. The fourth-order valence-corrected chi connectivity index (χ4v) is 1.19. The summed E-state index contributed by atoms with van der Waals surface area (Å²) < 4.78 is 0. The van der Waals surface area contributed by atoms with Crippen molar-refractivity contribution in [3.63, 3.8) is 0 Å². The van der Waals surface area contributed by atoms with Crippen molar-refractivity contribution in [1.29, 1.82) is 0 Å². The summed E-state index contributed by atoms with van der Waals surface area (Å²) in [4.78, 5) is 18.7. The molecule has 5 nitrogen and oxygen atoms in total. The number of nitrogens with zero attached hydrogens (tertiary/aromatic N) is 2. The first-order valence-corrected chi connectivity index (χ1v) is 4.26. The van der Waals surface area contributed by atoms with Crippen LogP contribution < -0.4 is 5.32 Å². The molecule has 0 fully saturated rings. The maximum Gasteiger partial charge on any atom is 0.305 e. The second-order valence-electron chi connectivity index (χ2n) is 3.24. The lowest BCUT2D eigenvalue weighted by molar-refractivity contribution is -0.138. The van der Waals surface area contributed by atoms with E-state index in [-0.39, 0.29) is 6.42 Å². The van der Waals surface area contributed by atoms with Crippen molar-refractivity contribution in [2.45, 2.75) is 18.9 Å². The summed E-state index contributed by atoms with van der Waals surface area (Å²) in [5.41, 5.74) is -0.0370. The van der Waals surface area contributed by atoms with Crippen molar-refractivity contribution in [2.24, 2.45) is 0 Å². The van der Waals surface area contributed by atoms with Crippen molar-refractivity contribution in [1.82, 2.24) is 15.3 Å². The summed E-state index contributed by atoms with van der Waals surface area (Å²) in [5, 5.41) is 11.7. The minimum Gasteiger partial charge on any atom is -0.481 e. The first-order valence-electron chi connectivity index (χ1n) is 4.26. The number of hydrogen-bond acceptors (Lipinski definition) is 4. The average Bonchev–Trinajstić information content (AvgIpc) is 2.18. The van der Waals surface area contributed by atoms with E-state index in [1.807, 2.05) is 0 Å². The second-order valence-corrected chi connectivity index (χ2v) is 3.24. The van der Waals surface area contributed by atoms with Crippen LogP contribution in [-0.4, -0.2) is 28.1 Å². The van der Waals surface area contributed by atoms with Crippen LogP contribution in [0.25, 0.3) is 0 Å². The maximum absolute atomic E-state index is 10.7. The second kappa shape index (κ2) is 4.15. The first-order chi connectivity index (χ1) is 6.58. The standard InChI is InChI=1S/C9H13N3O2/c1-9(10-2,5-8(13)14)7-6-11-3-4-12-7/h3-4,6,10H,5H2,1-2H3,(H,13,14). The van der Waals surface area contributed by atoms with E-state index >= 15 is 0 Å². The van der Waals surface area contributed by atoms with Gasteiger partial charge in [-0.25, -0.2) is 0 Å². The zero-order chi connectivity index (χ0) is 10.6. The molecule has 1 unspecified atom stereocenters. The van der Waals surface area contributed by atoms with E-state index in [1.165, 1.54) is 0 Å². The summed E-state index contributed by atoms with van der Waals surface area (Å²) in [6, 6.07) is 0. The van der Waals surface area contributed by atoms with Crippen molar-refractivity contribution >= 4 is 5.97 Å². The Balaban J connectivity index is 2.95. The lowest BCUT2D eigenvalue weighted by Gasteiger charge is -2.26. The zero-order valence-electron chi connectivity index (χ0n) is 8.19. The first kappa shape index (κ1) is 10.6. The van der Waals surface area contributed by atoms with Crippen LogP contribution in [0.3, 0.4) is 0 Å². The molecule has 0 aliphatic heterocycles. The maximum atomic E-state index is 10.7. The van der Waals surface area contributed by atoms with Gasteiger partial charge >= 0.3 is 5.97 Å². The molecular formula is C9H13N3O2. The molecule has 5 heteroatoms. The highest BCUT2D eigenvalue weighted by atomic mass is 16.4. The molecule has 0 spiro atoms. The highest BCUT2D eigenvalue weighted by Gasteiger charge is 2.29. The quantitative estimate of drug-likeness (QED) is 0.726. The summed E-state index contributed by atoms with van der Waals surface area (Å²) >= 11 is 0.